The van der Waals surface area contributed by atoms with E-state index in [1.807, 2.05) is 0 Å². The molecule has 0 aliphatic rings. The molecule has 0 aromatic carbocycles. The molecule has 5 heteroatoms. The molecule has 0 spiro atoms. The lowest BCUT2D eigenvalue weighted by molar-refractivity contribution is 0.598. The van der Waals surface area contributed by atoms with Crippen LogP contribution in [0.4, 0.5) is 0 Å². The van der Waals surface area contributed by atoms with Gasteiger partial charge in [0.2, 0.25) is 5.40 Å². The first kappa shape index (κ1) is 6.40. The summed E-state index contributed by atoms with van der Waals surface area (Å²) in [6, 6.07) is 0. The summed E-state index contributed by atoms with van der Waals surface area (Å²) >= 11 is 0. The molecule has 40 valence electrons. The SMILES string of the molecule is CNS(=O)(=O)C#N. The highest BCUT2D eigenvalue weighted by atomic mass is 32.2. The van der Waals surface area contributed by atoms with Crippen LogP contribution in [-0.2, 0) is 10.0 Å². The van der Waals surface area contributed by atoms with E-state index < -0.39 is 10.0 Å². The Kier molecular flexibility index (Phi) is 1.75. The molecule has 0 amide bonds. The molecule has 0 saturated carbocycles. The zero-order valence-electron chi connectivity index (χ0n) is 3.67. The molecule has 0 bridgehead atoms. The van der Waals surface area contributed by atoms with Gasteiger partial charge in [-0.3, -0.25) is 0 Å². The van der Waals surface area contributed by atoms with Gasteiger partial charge >= 0.3 is 10.0 Å². The maximum absolute atomic E-state index is 9.90. The lowest BCUT2D eigenvalue weighted by Gasteiger charge is -1.81. The number of hydrogen-bond donors (Lipinski definition) is 1. The average Bonchev–Trinajstić information content (AvgIpc) is 1.68. The number of sulfonamides is 1. The topological polar surface area (TPSA) is 70.0 Å². The summed E-state index contributed by atoms with van der Waals surface area (Å²) in [5.74, 6) is 0. The van der Waals surface area contributed by atoms with E-state index >= 15 is 0 Å². The van der Waals surface area contributed by atoms with Gasteiger partial charge in [0.25, 0.3) is 0 Å². The highest BCUT2D eigenvalue weighted by molar-refractivity contribution is 7.94. The van der Waals surface area contributed by atoms with Crippen LogP contribution in [0.15, 0.2) is 0 Å². The van der Waals surface area contributed by atoms with E-state index in [-0.39, 0.29) is 0 Å². The number of hydrogen-bond acceptors (Lipinski definition) is 3. The first-order chi connectivity index (χ1) is 3.12. The summed E-state index contributed by atoms with van der Waals surface area (Å²) in [7, 11) is -2.42. The molecule has 4 nitrogen and oxygen atoms in total. The van der Waals surface area contributed by atoms with Gasteiger partial charge in [0.05, 0.1) is 0 Å². The molecule has 0 aromatic heterocycles. The number of nitrogens with one attached hydrogen (secondary N) is 1. The van der Waals surface area contributed by atoms with Gasteiger partial charge < -0.3 is 0 Å². The Morgan fingerprint density at radius 3 is 2.14 bits per heavy atom. The predicted molar refractivity (Wildman–Crippen MR) is 23.6 cm³/mol. The number of nitrogens with zero attached hydrogens (tertiary/aromatic N) is 1. The van der Waals surface area contributed by atoms with E-state index in [0.717, 1.165) is 5.40 Å². The molecule has 0 radical (unpaired) electrons. The minimum absolute atomic E-state index is 1.05. The maximum atomic E-state index is 9.90. The van der Waals surface area contributed by atoms with Crippen LogP contribution < -0.4 is 4.72 Å². The maximum Gasteiger partial charge on any atom is 0.305 e. The van der Waals surface area contributed by atoms with E-state index in [0.29, 0.717) is 0 Å². The molecular formula is C2H4N2O2S. The van der Waals surface area contributed by atoms with Gasteiger partial charge in [0.15, 0.2) is 0 Å². The van der Waals surface area contributed by atoms with E-state index in [2.05, 4.69) is 0 Å². The third kappa shape index (κ3) is 2.14. The highest BCUT2D eigenvalue weighted by Crippen LogP contribution is 1.70. The van der Waals surface area contributed by atoms with Gasteiger partial charge in [0.1, 0.15) is 0 Å². The van der Waals surface area contributed by atoms with Gasteiger partial charge in [-0.05, 0) is 7.05 Å². The van der Waals surface area contributed by atoms with Gasteiger partial charge in [-0.25, -0.2) is 4.72 Å². The second kappa shape index (κ2) is 1.91. The van der Waals surface area contributed by atoms with Crippen molar-refractivity contribution in [1.82, 2.24) is 4.72 Å². The van der Waals surface area contributed by atoms with Crippen LogP contribution in [0.5, 0.6) is 0 Å². The van der Waals surface area contributed by atoms with Crippen molar-refractivity contribution in [2.75, 3.05) is 7.05 Å². The van der Waals surface area contributed by atoms with Crippen molar-refractivity contribution in [2.24, 2.45) is 0 Å². The molecule has 0 aromatic rings. The van der Waals surface area contributed by atoms with Crippen LogP contribution >= 0.6 is 0 Å². The second-order valence-electron chi connectivity index (χ2n) is 0.799. The van der Waals surface area contributed by atoms with Crippen molar-refractivity contribution in [2.45, 2.75) is 0 Å². The smallest absolute Gasteiger partial charge is 0.206 e. The summed E-state index contributed by atoms with van der Waals surface area (Å²) < 4.78 is 21.6. The Bertz CT molecular complexity index is 174. The molecule has 0 heterocycles. The predicted octanol–water partition coefficient (Wildman–Crippen LogP) is -0.983. The van der Waals surface area contributed by atoms with Crippen LogP contribution in [-0.4, -0.2) is 15.5 Å². The number of rotatable bonds is 1. The Balaban J connectivity index is 4.28. The fourth-order valence-corrected chi connectivity index (χ4v) is 0.137. The van der Waals surface area contributed by atoms with Crippen LogP contribution in [0.3, 0.4) is 0 Å². The number of thiocyanates is 1. The van der Waals surface area contributed by atoms with Crippen LogP contribution in [0.25, 0.3) is 0 Å². The Morgan fingerprint density at radius 1 is 1.71 bits per heavy atom. The van der Waals surface area contributed by atoms with Gasteiger partial charge in [-0.15, -0.1) is 0 Å². The molecule has 7 heavy (non-hydrogen) atoms. The molecule has 0 fully saturated rings. The summed E-state index contributed by atoms with van der Waals surface area (Å²) in [5, 5.41) is 8.75. The van der Waals surface area contributed by atoms with Gasteiger partial charge in [-0.1, -0.05) is 0 Å². The van der Waals surface area contributed by atoms with Gasteiger partial charge in [-0.2, -0.15) is 13.7 Å². The molecular weight excluding hydrogens is 116 g/mol. The summed E-state index contributed by atoms with van der Waals surface area (Å²) in [6.07, 6.45) is 0. The first-order valence-electron chi connectivity index (χ1n) is 1.47. The lowest BCUT2D eigenvalue weighted by atomic mass is 11.6. The van der Waals surface area contributed by atoms with Crippen molar-refractivity contribution < 1.29 is 8.42 Å². The normalized spacial score (nSPS) is 10.3. The van der Waals surface area contributed by atoms with E-state index in [4.69, 9.17) is 5.26 Å². The van der Waals surface area contributed by atoms with Crippen molar-refractivity contribution in [3.05, 3.63) is 0 Å². The van der Waals surface area contributed by atoms with E-state index in [1.165, 1.54) is 7.05 Å². The summed E-state index contributed by atoms with van der Waals surface area (Å²) in [4.78, 5) is 0. The zero-order chi connectivity index (χ0) is 5.91. The van der Waals surface area contributed by atoms with Crippen molar-refractivity contribution in [3.8, 4) is 5.40 Å². The molecule has 0 aliphatic heterocycles. The molecule has 0 saturated heterocycles. The van der Waals surface area contributed by atoms with E-state index in [1.54, 1.807) is 4.72 Å². The van der Waals surface area contributed by atoms with Crippen molar-refractivity contribution in [1.29, 1.82) is 5.26 Å². The monoisotopic (exact) mass is 120 g/mol. The Morgan fingerprint density at radius 2 is 2.14 bits per heavy atom. The molecule has 0 rings (SSSR count). The third-order valence-corrected chi connectivity index (χ3v) is 1.17. The quantitative estimate of drug-likeness (QED) is 0.357. The summed E-state index contributed by atoms with van der Waals surface area (Å²) in [6.45, 7) is 0. The van der Waals surface area contributed by atoms with Crippen LogP contribution in [0, 0.1) is 10.7 Å². The van der Waals surface area contributed by atoms with Crippen LogP contribution in [0.1, 0.15) is 0 Å². The highest BCUT2D eigenvalue weighted by Gasteiger charge is 1.98. The van der Waals surface area contributed by atoms with Crippen LogP contribution in [0.2, 0.25) is 0 Å². The molecule has 0 unspecified atom stereocenters. The Hall–Kier alpha value is -0.600. The second-order valence-corrected chi connectivity index (χ2v) is 2.40. The minimum Gasteiger partial charge on any atom is -0.206 e. The standard InChI is InChI=1S/C2H4N2O2S/c1-4-7(5,6)2-3/h4H,1H3. The fourth-order valence-electron chi connectivity index (χ4n) is 0.0456. The van der Waals surface area contributed by atoms with Crippen molar-refractivity contribution in [3.63, 3.8) is 0 Å². The first-order valence-corrected chi connectivity index (χ1v) is 2.95. The van der Waals surface area contributed by atoms with E-state index in [9.17, 15) is 8.42 Å². The Labute approximate surface area is 41.8 Å². The van der Waals surface area contributed by atoms with Crippen molar-refractivity contribution >= 4 is 10.0 Å². The number of nitriles is 1. The lowest BCUT2D eigenvalue weighted by Crippen LogP contribution is -2.14. The molecule has 0 atom stereocenters. The van der Waals surface area contributed by atoms with Gasteiger partial charge in [0, 0.05) is 0 Å². The largest absolute Gasteiger partial charge is 0.305 e. The zero-order valence-corrected chi connectivity index (χ0v) is 4.49. The average molecular weight is 120 g/mol. The molecule has 0 aliphatic carbocycles. The fraction of sp³-hybridized carbons (Fsp3) is 0.500. The molecule has 1 N–H and O–H groups in total. The minimum atomic E-state index is -3.60. The third-order valence-electron chi connectivity index (χ3n) is 0.389. The summed E-state index contributed by atoms with van der Waals surface area (Å²) in [5.41, 5.74) is 0.